The average molecular weight is 152 g/mol. The largest absolute Gasteiger partial charge is 0.300 e. The van der Waals surface area contributed by atoms with E-state index in [1.807, 2.05) is 0 Å². The highest BCUT2D eigenvalue weighted by Gasteiger charge is 2.13. The van der Waals surface area contributed by atoms with Crippen LogP contribution in [-0.4, -0.2) is 14.2 Å². The molecule has 1 saturated carbocycles. The zero-order valence-corrected chi connectivity index (χ0v) is 5.52. The molecule has 1 rings (SSSR count). The molecule has 0 spiro atoms. The number of carbonyl (C=O) groups is 1. The molecule has 1 aliphatic carbocycles. The first-order valence-electron chi connectivity index (χ1n) is 2.22. The Hall–Kier alpha value is -0.460. The summed E-state index contributed by atoms with van der Waals surface area (Å²) in [4.78, 5) is 9.56. The molecular weight excluding hydrogens is 144 g/mol. The van der Waals surface area contributed by atoms with Gasteiger partial charge in [-0.15, -0.1) is 0 Å². The Labute approximate surface area is 53.2 Å². The molecule has 0 atom stereocenters. The van der Waals surface area contributed by atoms with Crippen molar-refractivity contribution in [3.8, 4) is 0 Å². The lowest BCUT2D eigenvalue weighted by molar-refractivity contribution is -0.109. The molecule has 0 aromatic carbocycles. The van der Waals surface area contributed by atoms with E-state index in [9.17, 15) is 13.2 Å². The van der Waals surface area contributed by atoms with Crippen LogP contribution < -0.4 is 10.3 Å². The van der Waals surface area contributed by atoms with E-state index in [1.165, 1.54) is 0 Å². The van der Waals surface area contributed by atoms with Crippen molar-refractivity contribution in [2.75, 3.05) is 0 Å². The maximum absolute atomic E-state index is 9.56. The fourth-order valence-electron chi connectivity index (χ4n) is 0.0510. The minimum Gasteiger partial charge on any atom is -0.300 e. The smallest absolute Gasteiger partial charge is 0.271 e. The fraction of sp³-hybridized carbons (Fsp3) is 0.667. The first kappa shape index (κ1) is 8.54. The van der Waals surface area contributed by atoms with Gasteiger partial charge in [0.05, 0.1) is 0 Å². The Morgan fingerprint density at radius 2 is 1.33 bits per heavy atom. The Morgan fingerprint density at radius 1 is 1.22 bits per heavy atom. The van der Waals surface area contributed by atoms with Crippen LogP contribution in [-0.2, 0) is 15.0 Å². The van der Waals surface area contributed by atoms with Gasteiger partial charge in [-0.1, -0.05) is 0 Å². The van der Waals surface area contributed by atoms with Gasteiger partial charge in [-0.3, -0.25) is 4.79 Å². The number of Topliss-reactive ketones (excluding diaryl/α,β-unsaturated/α-hetero) is 1. The molecule has 0 aromatic rings. The van der Waals surface area contributed by atoms with Crippen LogP contribution in [0.2, 0.25) is 0 Å². The SMILES string of the molecule is NS(N)(=O)=O.O=C1CC1. The number of hydrogen-bond donors (Lipinski definition) is 2. The summed E-state index contributed by atoms with van der Waals surface area (Å²) in [6, 6.07) is 0. The second kappa shape index (κ2) is 2.90. The minimum absolute atomic E-state index is 0.417. The lowest BCUT2D eigenvalue weighted by atomic mass is 10.9. The fourth-order valence-corrected chi connectivity index (χ4v) is 0.0510. The number of rotatable bonds is 0. The summed E-state index contributed by atoms with van der Waals surface area (Å²) < 4.78 is 18.4. The lowest BCUT2D eigenvalue weighted by Gasteiger charge is -1.72. The van der Waals surface area contributed by atoms with Crippen molar-refractivity contribution in [3.63, 3.8) is 0 Å². The number of nitrogens with two attached hydrogens (primary N) is 2. The number of ketones is 1. The van der Waals surface area contributed by atoms with Gasteiger partial charge in [-0.25, -0.2) is 10.3 Å². The molecule has 0 amide bonds. The zero-order valence-electron chi connectivity index (χ0n) is 4.70. The molecule has 5 nitrogen and oxygen atoms in total. The van der Waals surface area contributed by atoms with Crippen molar-refractivity contribution in [1.82, 2.24) is 0 Å². The molecule has 0 bridgehead atoms. The predicted molar refractivity (Wildman–Crippen MR) is 31.5 cm³/mol. The van der Waals surface area contributed by atoms with Gasteiger partial charge in [0.1, 0.15) is 5.78 Å². The van der Waals surface area contributed by atoms with Crippen LogP contribution in [0.5, 0.6) is 0 Å². The Bertz CT molecular complexity index is 181. The Morgan fingerprint density at radius 3 is 1.33 bits per heavy atom. The normalized spacial score (nSPS) is 16.0. The van der Waals surface area contributed by atoms with E-state index < -0.39 is 10.2 Å². The molecule has 0 radical (unpaired) electrons. The van der Waals surface area contributed by atoms with Gasteiger partial charge in [-0.05, 0) is 0 Å². The third-order valence-electron chi connectivity index (χ3n) is 0.454. The predicted octanol–water partition coefficient (Wildman–Crippen LogP) is -1.50. The molecule has 9 heavy (non-hydrogen) atoms. The van der Waals surface area contributed by atoms with E-state index in [1.54, 1.807) is 0 Å². The maximum atomic E-state index is 9.56. The first-order valence-corrected chi connectivity index (χ1v) is 3.83. The number of hydrogen-bond acceptors (Lipinski definition) is 3. The van der Waals surface area contributed by atoms with E-state index in [2.05, 4.69) is 10.3 Å². The zero-order chi connectivity index (χ0) is 7.49. The Balaban J connectivity index is 0.000000144. The molecule has 0 saturated heterocycles. The summed E-state index contributed by atoms with van der Waals surface area (Å²) in [7, 11) is -3.67. The lowest BCUT2D eigenvalue weighted by Crippen LogP contribution is -2.21. The van der Waals surface area contributed by atoms with Crippen LogP contribution in [0.4, 0.5) is 0 Å². The van der Waals surface area contributed by atoms with E-state index >= 15 is 0 Å². The summed E-state index contributed by atoms with van der Waals surface area (Å²) in [5.74, 6) is 0.417. The third-order valence-corrected chi connectivity index (χ3v) is 0.454. The standard InChI is InChI=1S/C3H4O.H4N2O2S/c4-3-1-2-3;1-5(2,3)4/h1-2H2;(H4,1,2,3,4). The second-order valence-electron chi connectivity index (χ2n) is 1.63. The Kier molecular flexibility index (Phi) is 2.75. The van der Waals surface area contributed by atoms with Gasteiger partial charge in [0.15, 0.2) is 0 Å². The van der Waals surface area contributed by atoms with Gasteiger partial charge in [-0.2, -0.15) is 8.42 Å². The van der Waals surface area contributed by atoms with E-state index in [-0.39, 0.29) is 0 Å². The second-order valence-corrected chi connectivity index (χ2v) is 2.81. The molecule has 1 fully saturated rings. The van der Waals surface area contributed by atoms with Gasteiger partial charge in [0.25, 0.3) is 10.2 Å². The molecular formula is C3H8N2O3S. The van der Waals surface area contributed by atoms with Gasteiger partial charge < -0.3 is 0 Å². The molecule has 0 unspecified atom stereocenters. The van der Waals surface area contributed by atoms with Crippen LogP contribution in [0.25, 0.3) is 0 Å². The summed E-state index contributed by atoms with van der Waals surface area (Å²) in [5, 5.41) is 8.21. The van der Waals surface area contributed by atoms with Crippen molar-refractivity contribution < 1.29 is 13.2 Å². The van der Waals surface area contributed by atoms with Crippen LogP contribution in [0, 0.1) is 0 Å². The van der Waals surface area contributed by atoms with E-state index in [4.69, 9.17) is 0 Å². The van der Waals surface area contributed by atoms with E-state index in [0.29, 0.717) is 5.78 Å². The maximum Gasteiger partial charge on any atom is 0.271 e. The topological polar surface area (TPSA) is 103 Å². The van der Waals surface area contributed by atoms with Crippen LogP contribution in [0.1, 0.15) is 12.8 Å². The summed E-state index contributed by atoms with van der Waals surface area (Å²) in [6.45, 7) is 0. The van der Waals surface area contributed by atoms with Crippen molar-refractivity contribution in [2.45, 2.75) is 12.8 Å². The van der Waals surface area contributed by atoms with Crippen molar-refractivity contribution in [1.29, 1.82) is 0 Å². The molecule has 6 heteroatoms. The number of carbonyl (C=O) groups excluding carboxylic acids is 1. The van der Waals surface area contributed by atoms with Crippen molar-refractivity contribution in [2.24, 2.45) is 10.3 Å². The van der Waals surface area contributed by atoms with Gasteiger partial charge in [0, 0.05) is 12.8 Å². The monoisotopic (exact) mass is 152 g/mol. The highest BCUT2D eigenvalue weighted by atomic mass is 32.2. The quantitative estimate of drug-likeness (QED) is 0.441. The highest BCUT2D eigenvalue weighted by Crippen LogP contribution is 2.08. The highest BCUT2D eigenvalue weighted by molar-refractivity contribution is 7.86. The van der Waals surface area contributed by atoms with Crippen LogP contribution in [0.3, 0.4) is 0 Å². The molecule has 0 heterocycles. The average Bonchev–Trinajstić information content (AvgIpc) is 2.13. The molecule has 1 aliphatic rings. The van der Waals surface area contributed by atoms with Gasteiger partial charge >= 0.3 is 0 Å². The van der Waals surface area contributed by atoms with Crippen molar-refractivity contribution >= 4 is 16.0 Å². The molecule has 54 valence electrons. The van der Waals surface area contributed by atoms with Gasteiger partial charge in [0.2, 0.25) is 0 Å². The van der Waals surface area contributed by atoms with Crippen LogP contribution in [0.15, 0.2) is 0 Å². The first-order chi connectivity index (χ1) is 3.89. The minimum atomic E-state index is -3.67. The molecule has 4 N–H and O–H groups in total. The molecule has 0 aromatic heterocycles. The third kappa shape index (κ3) is 35.9. The summed E-state index contributed by atoms with van der Waals surface area (Å²) in [5.41, 5.74) is 0. The van der Waals surface area contributed by atoms with E-state index in [0.717, 1.165) is 12.8 Å². The summed E-state index contributed by atoms with van der Waals surface area (Å²) >= 11 is 0. The molecule has 0 aliphatic heterocycles. The van der Waals surface area contributed by atoms with Crippen molar-refractivity contribution in [3.05, 3.63) is 0 Å². The van der Waals surface area contributed by atoms with Crippen LogP contribution >= 0.6 is 0 Å². The summed E-state index contributed by atoms with van der Waals surface area (Å²) in [6.07, 6.45) is 1.69.